The Kier molecular flexibility index (Phi) is 6.65. The molecule has 0 saturated heterocycles. The number of Topliss-reactive ketones (excluding diaryl/α,β-unsaturated/α-hetero) is 1. The Morgan fingerprint density at radius 1 is 1.26 bits per heavy atom. The lowest BCUT2D eigenvalue weighted by atomic mass is 10.0. The Morgan fingerprint density at radius 2 is 1.87 bits per heavy atom. The fourth-order valence-electron chi connectivity index (χ4n) is 1.86. The van der Waals surface area contributed by atoms with Crippen LogP contribution in [0.3, 0.4) is 0 Å². The van der Waals surface area contributed by atoms with E-state index < -0.39 is 17.7 Å². The molecule has 0 saturated carbocycles. The zero-order valence-electron chi connectivity index (χ0n) is 14.0. The molecule has 0 radical (unpaired) electrons. The number of carbonyl (C=O) groups excluding carboxylic acids is 2. The molecule has 0 spiro atoms. The van der Waals surface area contributed by atoms with Crippen molar-refractivity contribution in [3.05, 3.63) is 29.8 Å². The summed E-state index contributed by atoms with van der Waals surface area (Å²) in [7, 11) is 0. The molecule has 1 N–H and O–H groups in total. The van der Waals surface area contributed by atoms with E-state index >= 15 is 0 Å². The van der Waals surface area contributed by atoms with Gasteiger partial charge in [0.25, 0.3) is 0 Å². The van der Waals surface area contributed by atoms with Crippen LogP contribution in [0.15, 0.2) is 24.3 Å². The Balaban J connectivity index is 2.88. The lowest BCUT2D eigenvalue weighted by Crippen LogP contribution is -2.38. The third-order valence-electron chi connectivity index (χ3n) is 2.87. The first-order chi connectivity index (χ1) is 10.8. The van der Waals surface area contributed by atoms with Crippen LogP contribution in [0.1, 0.15) is 45.7 Å². The number of benzene rings is 1. The molecule has 0 aliphatic carbocycles. The summed E-state index contributed by atoms with van der Waals surface area (Å²) < 4.78 is 10.5. The van der Waals surface area contributed by atoms with Crippen LogP contribution in [0, 0.1) is 12.3 Å². The summed E-state index contributed by atoms with van der Waals surface area (Å²) in [6.45, 7) is 7.21. The normalized spacial score (nSPS) is 12.0. The summed E-state index contributed by atoms with van der Waals surface area (Å²) in [6.07, 6.45) is 4.81. The van der Waals surface area contributed by atoms with E-state index in [1.54, 1.807) is 52.0 Å². The van der Waals surface area contributed by atoms with Crippen LogP contribution in [0.5, 0.6) is 5.75 Å². The summed E-state index contributed by atoms with van der Waals surface area (Å²) in [5, 5.41) is 2.62. The number of alkyl carbamates (subject to hydrolysis) is 1. The summed E-state index contributed by atoms with van der Waals surface area (Å²) in [4.78, 5) is 24.1. The Bertz CT molecular complexity index is 579. The number of carbonyl (C=O) groups is 2. The quantitative estimate of drug-likeness (QED) is 0.818. The zero-order valence-corrected chi connectivity index (χ0v) is 14.0. The van der Waals surface area contributed by atoms with Gasteiger partial charge in [0.15, 0.2) is 5.78 Å². The van der Waals surface area contributed by atoms with Gasteiger partial charge in [0.1, 0.15) is 24.0 Å². The number of amides is 1. The van der Waals surface area contributed by atoms with E-state index in [0.717, 1.165) is 0 Å². The molecule has 0 heterocycles. The minimum absolute atomic E-state index is 0.104. The summed E-state index contributed by atoms with van der Waals surface area (Å²) >= 11 is 0. The summed E-state index contributed by atoms with van der Waals surface area (Å²) in [5.41, 5.74) is 0.0346. The minimum atomic E-state index is -0.753. The van der Waals surface area contributed by atoms with E-state index in [-0.39, 0.29) is 12.4 Å². The minimum Gasteiger partial charge on any atom is -0.481 e. The highest BCUT2D eigenvalue weighted by Gasteiger charge is 2.24. The van der Waals surface area contributed by atoms with Gasteiger partial charge in [-0.3, -0.25) is 4.79 Å². The van der Waals surface area contributed by atoms with E-state index in [9.17, 15) is 9.59 Å². The molecule has 0 fully saturated rings. The van der Waals surface area contributed by atoms with E-state index in [1.807, 2.05) is 0 Å². The molecule has 5 heteroatoms. The Morgan fingerprint density at radius 3 is 2.35 bits per heavy atom. The molecular formula is C18H23NO4. The van der Waals surface area contributed by atoms with Crippen molar-refractivity contribution in [2.45, 2.75) is 45.8 Å². The van der Waals surface area contributed by atoms with E-state index in [2.05, 4.69) is 11.2 Å². The first-order valence-corrected chi connectivity index (χ1v) is 7.45. The number of hydrogen-bond donors (Lipinski definition) is 1. The second-order valence-corrected chi connectivity index (χ2v) is 5.96. The third-order valence-corrected chi connectivity index (χ3v) is 2.87. The largest absolute Gasteiger partial charge is 0.481 e. The number of nitrogens with one attached hydrogen (secondary N) is 1. The fraction of sp³-hybridized carbons (Fsp3) is 0.444. The summed E-state index contributed by atoms with van der Waals surface area (Å²) in [6, 6.07) is 6.11. The first-order valence-electron chi connectivity index (χ1n) is 7.45. The fourth-order valence-corrected chi connectivity index (χ4v) is 1.86. The molecule has 1 amide bonds. The smallest absolute Gasteiger partial charge is 0.408 e. The van der Waals surface area contributed by atoms with Gasteiger partial charge in [0.2, 0.25) is 0 Å². The molecule has 5 nitrogen and oxygen atoms in total. The van der Waals surface area contributed by atoms with Crippen LogP contribution in [-0.4, -0.2) is 24.1 Å². The van der Waals surface area contributed by atoms with Crippen LogP contribution in [0.2, 0.25) is 0 Å². The standard InChI is InChI=1S/C18H23NO4/c1-6-12-22-14-10-8-13(9-11-14)16(15(20)7-2)19-17(21)23-18(3,4)5/h1,8-11,16H,7,12H2,2-5H3,(H,19,21). The zero-order chi connectivity index (χ0) is 17.5. The third kappa shape index (κ3) is 6.43. The van der Waals surface area contributed by atoms with Crippen LogP contribution in [0.25, 0.3) is 0 Å². The number of rotatable bonds is 6. The number of ketones is 1. The number of hydrogen-bond acceptors (Lipinski definition) is 4. The van der Waals surface area contributed by atoms with Gasteiger partial charge in [0.05, 0.1) is 0 Å². The van der Waals surface area contributed by atoms with Gasteiger partial charge >= 0.3 is 6.09 Å². The summed E-state index contributed by atoms with van der Waals surface area (Å²) in [5.74, 6) is 2.88. The second-order valence-electron chi connectivity index (χ2n) is 5.96. The average molecular weight is 317 g/mol. The number of terminal acetylenes is 1. The SMILES string of the molecule is C#CCOc1ccc(C(NC(=O)OC(C)(C)C)C(=O)CC)cc1. The molecule has 23 heavy (non-hydrogen) atoms. The van der Waals surface area contributed by atoms with Crippen LogP contribution >= 0.6 is 0 Å². The van der Waals surface area contributed by atoms with Gasteiger partial charge in [0, 0.05) is 6.42 Å². The van der Waals surface area contributed by atoms with Crippen molar-refractivity contribution in [2.75, 3.05) is 6.61 Å². The van der Waals surface area contributed by atoms with E-state index in [0.29, 0.717) is 17.7 Å². The van der Waals surface area contributed by atoms with Crippen molar-refractivity contribution in [3.8, 4) is 18.1 Å². The van der Waals surface area contributed by atoms with Crippen molar-refractivity contribution >= 4 is 11.9 Å². The van der Waals surface area contributed by atoms with Gasteiger partial charge in [-0.1, -0.05) is 25.0 Å². The van der Waals surface area contributed by atoms with Crippen molar-refractivity contribution < 1.29 is 19.1 Å². The number of ether oxygens (including phenoxy) is 2. The van der Waals surface area contributed by atoms with Gasteiger partial charge < -0.3 is 14.8 Å². The maximum atomic E-state index is 12.1. The Labute approximate surface area is 137 Å². The van der Waals surface area contributed by atoms with Crippen LogP contribution < -0.4 is 10.1 Å². The molecular weight excluding hydrogens is 294 g/mol. The van der Waals surface area contributed by atoms with E-state index in [4.69, 9.17) is 15.9 Å². The predicted octanol–water partition coefficient (Wildman–Crippen LogP) is 3.24. The Hall–Kier alpha value is -2.48. The average Bonchev–Trinajstić information content (AvgIpc) is 2.48. The highest BCUT2D eigenvalue weighted by atomic mass is 16.6. The maximum absolute atomic E-state index is 12.1. The van der Waals surface area contributed by atoms with Crippen LogP contribution in [-0.2, 0) is 9.53 Å². The molecule has 0 aliphatic heterocycles. The molecule has 1 atom stereocenters. The highest BCUT2D eigenvalue weighted by Crippen LogP contribution is 2.20. The van der Waals surface area contributed by atoms with Crippen molar-refractivity contribution in [3.63, 3.8) is 0 Å². The lowest BCUT2D eigenvalue weighted by Gasteiger charge is -2.23. The van der Waals surface area contributed by atoms with Crippen LogP contribution in [0.4, 0.5) is 4.79 Å². The molecule has 1 aromatic carbocycles. The van der Waals surface area contributed by atoms with Crippen molar-refractivity contribution in [2.24, 2.45) is 0 Å². The first kappa shape index (κ1) is 18.6. The second kappa shape index (κ2) is 8.23. The molecule has 1 rings (SSSR count). The predicted molar refractivity (Wildman–Crippen MR) is 88.2 cm³/mol. The molecule has 124 valence electrons. The lowest BCUT2D eigenvalue weighted by molar-refractivity contribution is -0.121. The van der Waals surface area contributed by atoms with Gasteiger partial charge in [-0.05, 0) is 38.5 Å². The van der Waals surface area contributed by atoms with Gasteiger partial charge in [-0.25, -0.2) is 4.79 Å². The van der Waals surface area contributed by atoms with Crippen molar-refractivity contribution in [1.29, 1.82) is 0 Å². The molecule has 1 aromatic rings. The maximum Gasteiger partial charge on any atom is 0.408 e. The molecule has 0 bridgehead atoms. The highest BCUT2D eigenvalue weighted by molar-refractivity contribution is 5.88. The van der Waals surface area contributed by atoms with Gasteiger partial charge in [-0.15, -0.1) is 6.42 Å². The van der Waals surface area contributed by atoms with E-state index in [1.165, 1.54) is 0 Å². The monoisotopic (exact) mass is 317 g/mol. The molecule has 0 aliphatic rings. The van der Waals surface area contributed by atoms with Gasteiger partial charge in [-0.2, -0.15) is 0 Å². The molecule has 0 aromatic heterocycles. The topological polar surface area (TPSA) is 64.6 Å². The van der Waals surface area contributed by atoms with Crippen molar-refractivity contribution in [1.82, 2.24) is 5.32 Å². The molecule has 1 unspecified atom stereocenters.